The summed E-state index contributed by atoms with van der Waals surface area (Å²) in [5.41, 5.74) is 3.59. The average Bonchev–Trinajstić information content (AvgIpc) is 3.25. The number of benzene rings is 3. The van der Waals surface area contributed by atoms with Gasteiger partial charge in [-0.1, -0.05) is 66.7 Å². The minimum Gasteiger partial charge on any atom is -0.341 e. The highest BCUT2D eigenvalue weighted by Gasteiger charge is 2.26. The van der Waals surface area contributed by atoms with Crippen LogP contribution < -0.4 is 5.32 Å². The van der Waals surface area contributed by atoms with Crippen LogP contribution in [0.3, 0.4) is 0 Å². The molecule has 5 rings (SSSR count). The summed E-state index contributed by atoms with van der Waals surface area (Å²) in [6, 6.07) is 26.0. The molecule has 1 atom stereocenters. The van der Waals surface area contributed by atoms with Gasteiger partial charge in [-0.3, -0.25) is 4.90 Å². The molecule has 0 radical (unpaired) electrons. The zero-order chi connectivity index (χ0) is 18.8. The summed E-state index contributed by atoms with van der Waals surface area (Å²) in [5.74, 6) is 1.03. The molecule has 1 aliphatic rings. The van der Waals surface area contributed by atoms with Crippen molar-refractivity contribution in [1.29, 1.82) is 0 Å². The SMILES string of the molecule is c1ccc(CN2CCNCC2c2ncc(-c3ccc4ccccc4c3)[nH]2)cc1. The molecule has 0 aliphatic carbocycles. The van der Waals surface area contributed by atoms with E-state index in [0.717, 1.165) is 37.7 Å². The van der Waals surface area contributed by atoms with Crippen molar-refractivity contribution in [2.45, 2.75) is 12.6 Å². The highest BCUT2D eigenvalue weighted by atomic mass is 15.2. The van der Waals surface area contributed by atoms with E-state index in [1.54, 1.807) is 0 Å². The predicted molar refractivity (Wildman–Crippen MR) is 114 cm³/mol. The second kappa shape index (κ2) is 7.58. The number of rotatable bonds is 4. The number of H-pyrrole nitrogens is 1. The number of aromatic amines is 1. The lowest BCUT2D eigenvalue weighted by Crippen LogP contribution is -2.45. The van der Waals surface area contributed by atoms with Gasteiger partial charge in [-0.2, -0.15) is 0 Å². The Morgan fingerprint density at radius 2 is 1.75 bits per heavy atom. The standard InChI is InChI=1S/C24H24N4/c1-2-6-18(7-3-1)17-28-13-12-25-16-23(28)24-26-15-22(27-24)21-11-10-19-8-4-5-9-20(19)14-21/h1-11,14-15,23,25H,12-13,16-17H2,(H,26,27). The maximum atomic E-state index is 4.75. The van der Waals surface area contributed by atoms with Crippen molar-refractivity contribution >= 4 is 10.8 Å². The van der Waals surface area contributed by atoms with Crippen LogP contribution in [-0.2, 0) is 6.54 Å². The van der Waals surface area contributed by atoms with Gasteiger partial charge in [0.05, 0.1) is 17.9 Å². The minimum atomic E-state index is 0.253. The molecule has 2 heterocycles. The smallest absolute Gasteiger partial charge is 0.125 e. The van der Waals surface area contributed by atoms with E-state index in [2.05, 4.69) is 88.0 Å². The van der Waals surface area contributed by atoms with Gasteiger partial charge in [0.2, 0.25) is 0 Å². The number of aromatic nitrogens is 2. The normalized spacial score (nSPS) is 17.8. The van der Waals surface area contributed by atoms with E-state index in [1.165, 1.54) is 21.9 Å². The fourth-order valence-electron chi connectivity index (χ4n) is 4.03. The van der Waals surface area contributed by atoms with Crippen LogP contribution in [0.5, 0.6) is 0 Å². The third-order valence-electron chi connectivity index (χ3n) is 5.55. The molecule has 0 saturated carbocycles. The van der Waals surface area contributed by atoms with Crippen LogP contribution in [0, 0.1) is 0 Å². The lowest BCUT2D eigenvalue weighted by atomic mass is 10.1. The number of fused-ring (bicyclic) bond motifs is 1. The summed E-state index contributed by atoms with van der Waals surface area (Å²) in [4.78, 5) is 10.8. The lowest BCUT2D eigenvalue weighted by molar-refractivity contribution is 0.148. The molecule has 1 aliphatic heterocycles. The minimum absolute atomic E-state index is 0.253. The van der Waals surface area contributed by atoms with Crippen molar-refractivity contribution < 1.29 is 0 Å². The Morgan fingerprint density at radius 1 is 0.929 bits per heavy atom. The summed E-state index contributed by atoms with van der Waals surface area (Å²) in [7, 11) is 0. The number of hydrogen-bond donors (Lipinski definition) is 2. The van der Waals surface area contributed by atoms with Crippen molar-refractivity contribution in [1.82, 2.24) is 20.2 Å². The molecule has 0 amide bonds. The van der Waals surface area contributed by atoms with E-state index in [9.17, 15) is 0 Å². The Bertz CT molecular complexity index is 1070. The van der Waals surface area contributed by atoms with Crippen molar-refractivity contribution in [2.24, 2.45) is 0 Å². The van der Waals surface area contributed by atoms with Crippen LogP contribution in [-0.4, -0.2) is 34.5 Å². The van der Waals surface area contributed by atoms with Crippen LogP contribution in [0.4, 0.5) is 0 Å². The second-order valence-corrected chi connectivity index (χ2v) is 7.42. The molecular weight excluding hydrogens is 344 g/mol. The zero-order valence-electron chi connectivity index (χ0n) is 15.8. The summed E-state index contributed by atoms with van der Waals surface area (Å²) < 4.78 is 0. The van der Waals surface area contributed by atoms with E-state index >= 15 is 0 Å². The maximum absolute atomic E-state index is 4.75. The molecule has 4 nitrogen and oxygen atoms in total. The van der Waals surface area contributed by atoms with Crippen molar-refractivity contribution in [3.63, 3.8) is 0 Å². The van der Waals surface area contributed by atoms with Crippen LogP contribution in [0.1, 0.15) is 17.4 Å². The van der Waals surface area contributed by atoms with Gasteiger partial charge in [0, 0.05) is 31.7 Å². The third-order valence-corrected chi connectivity index (χ3v) is 5.55. The van der Waals surface area contributed by atoms with Crippen molar-refractivity contribution in [3.05, 3.63) is 90.4 Å². The zero-order valence-corrected chi connectivity index (χ0v) is 15.8. The topological polar surface area (TPSA) is 44.0 Å². The summed E-state index contributed by atoms with van der Waals surface area (Å²) >= 11 is 0. The fourth-order valence-corrected chi connectivity index (χ4v) is 4.03. The Labute approximate surface area is 165 Å². The molecule has 0 spiro atoms. The second-order valence-electron chi connectivity index (χ2n) is 7.42. The molecule has 1 fully saturated rings. The molecule has 1 unspecified atom stereocenters. The van der Waals surface area contributed by atoms with Gasteiger partial charge < -0.3 is 10.3 Å². The Balaban J connectivity index is 1.41. The molecule has 140 valence electrons. The van der Waals surface area contributed by atoms with Gasteiger partial charge >= 0.3 is 0 Å². The number of nitrogens with zero attached hydrogens (tertiary/aromatic N) is 2. The first-order chi connectivity index (χ1) is 13.9. The number of nitrogens with one attached hydrogen (secondary N) is 2. The summed E-state index contributed by atoms with van der Waals surface area (Å²) in [6.45, 7) is 3.89. The van der Waals surface area contributed by atoms with Crippen LogP contribution in [0.25, 0.3) is 22.0 Å². The van der Waals surface area contributed by atoms with E-state index in [1.807, 2.05) is 6.20 Å². The fraction of sp³-hybridized carbons (Fsp3) is 0.208. The molecule has 28 heavy (non-hydrogen) atoms. The molecule has 0 bridgehead atoms. The monoisotopic (exact) mass is 368 g/mol. The average molecular weight is 368 g/mol. The Hall–Kier alpha value is -2.95. The molecule has 4 aromatic rings. The van der Waals surface area contributed by atoms with Gasteiger partial charge in [-0.15, -0.1) is 0 Å². The highest BCUT2D eigenvalue weighted by molar-refractivity contribution is 5.86. The summed E-state index contributed by atoms with van der Waals surface area (Å²) in [5, 5.41) is 6.03. The Kier molecular flexibility index (Phi) is 4.65. The van der Waals surface area contributed by atoms with E-state index in [-0.39, 0.29) is 6.04 Å². The lowest BCUT2D eigenvalue weighted by Gasteiger charge is -2.35. The third kappa shape index (κ3) is 3.44. The maximum Gasteiger partial charge on any atom is 0.125 e. The van der Waals surface area contributed by atoms with Crippen LogP contribution in [0.15, 0.2) is 79.0 Å². The largest absolute Gasteiger partial charge is 0.341 e. The van der Waals surface area contributed by atoms with Crippen molar-refractivity contribution in [2.75, 3.05) is 19.6 Å². The number of hydrogen-bond acceptors (Lipinski definition) is 3. The van der Waals surface area contributed by atoms with Gasteiger partial charge in [-0.05, 0) is 22.4 Å². The molecule has 2 N–H and O–H groups in total. The highest BCUT2D eigenvalue weighted by Crippen LogP contribution is 2.27. The van der Waals surface area contributed by atoms with E-state index in [4.69, 9.17) is 4.98 Å². The molecular formula is C24H24N4. The van der Waals surface area contributed by atoms with E-state index < -0.39 is 0 Å². The van der Waals surface area contributed by atoms with Gasteiger partial charge in [0.15, 0.2) is 0 Å². The van der Waals surface area contributed by atoms with Gasteiger partial charge in [0.1, 0.15) is 5.82 Å². The first-order valence-electron chi connectivity index (χ1n) is 9.89. The first kappa shape index (κ1) is 17.2. The van der Waals surface area contributed by atoms with Gasteiger partial charge in [-0.25, -0.2) is 4.98 Å². The predicted octanol–water partition coefficient (Wildman–Crippen LogP) is 4.38. The van der Waals surface area contributed by atoms with Crippen molar-refractivity contribution in [3.8, 4) is 11.3 Å². The quantitative estimate of drug-likeness (QED) is 0.562. The number of piperazine rings is 1. The van der Waals surface area contributed by atoms with E-state index in [0.29, 0.717) is 0 Å². The molecule has 1 saturated heterocycles. The molecule has 1 aromatic heterocycles. The Morgan fingerprint density at radius 3 is 2.64 bits per heavy atom. The van der Waals surface area contributed by atoms with Crippen LogP contribution in [0.2, 0.25) is 0 Å². The van der Waals surface area contributed by atoms with Gasteiger partial charge in [0.25, 0.3) is 0 Å². The van der Waals surface area contributed by atoms with Crippen LogP contribution >= 0.6 is 0 Å². The molecule has 4 heteroatoms. The number of imidazole rings is 1. The first-order valence-corrected chi connectivity index (χ1v) is 9.89. The summed E-state index contributed by atoms with van der Waals surface area (Å²) in [6.07, 6.45) is 1.97. The molecule has 3 aromatic carbocycles.